The molecule has 2 aliphatic rings. The smallest absolute Gasteiger partial charge is 0.272 e. The van der Waals surface area contributed by atoms with Gasteiger partial charge in [-0.25, -0.2) is 9.67 Å². The van der Waals surface area contributed by atoms with Gasteiger partial charge in [0.25, 0.3) is 5.91 Å². The molecule has 0 radical (unpaired) electrons. The molecule has 7 heteroatoms. The van der Waals surface area contributed by atoms with Crippen LogP contribution in [-0.4, -0.2) is 74.2 Å². The Kier molecular flexibility index (Phi) is 4.53. The second kappa shape index (κ2) is 6.94. The third kappa shape index (κ3) is 3.18. The van der Waals surface area contributed by atoms with Gasteiger partial charge in [0.2, 0.25) is 0 Å². The van der Waals surface area contributed by atoms with Crippen molar-refractivity contribution in [2.45, 2.75) is 12.5 Å². The molecule has 0 spiro atoms. The molecular formula is C17H21N5OS. The number of pyridine rings is 1. The van der Waals surface area contributed by atoms with Crippen molar-refractivity contribution in [2.75, 3.05) is 37.7 Å². The molecule has 0 N–H and O–H groups in total. The lowest BCUT2D eigenvalue weighted by atomic mass is 10.2. The molecule has 126 valence electrons. The minimum atomic E-state index is 0.0180. The summed E-state index contributed by atoms with van der Waals surface area (Å²) in [6.45, 7) is 3.51. The standard InChI is InChI=1S/C17H21N5OS/c23-17(15-3-1-4-16(19-15)22-7-2-6-18-22)21-10-8-20(9-11-21)14-5-12-24-13-14/h1-4,6-7,14H,5,8-13H2. The normalized spacial score (nSPS) is 22.0. The summed E-state index contributed by atoms with van der Waals surface area (Å²) in [6.07, 6.45) is 4.82. The van der Waals surface area contributed by atoms with Crippen LogP contribution in [0.1, 0.15) is 16.9 Å². The number of carbonyl (C=O) groups excluding carboxylic acids is 1. The Bertz CT molecular complexity index is 691. The fourth-order valence-corrected chi connectivity index (χ4v) is 4.59. The molecule has 0 aliphatic carbocycles. The summed E-state index contributed by atoms with van der Waals surface area (Å²) in [7, 11) is 0. The summed E-state index contributed by atoms with van der Waals surface area (Å²) in [4.78, 5) is 21.7. The van der Waals surface area contributed by atoms with E-state index in [1.807, 2.05) is 41.1 Å². The first-order valence-corrected chi connectivity index (χ1v) is 9.55. The summed E-state index contributed by atoms with van der Waals surface area (Å²) in [5.41, 5.74) is 0.493. The molecule has 4 rings (SSSR count). The van der Waals surface area contributed by atoms with E-state index < -0.39 is 0 Å². The van der Waals surface area contributed by atoms with Crippen LogP contribution in [0, 0.1) is 0 Å². The molecule has 6 nitrogen and oxygen atoms in total. The highest BCUT2D eigenvalue weighted by molar-refractivity contribution is 7.99. The number of piperazine rings is 1. The topological polar surface area (TPSA) is 54.3 Å². The molecule has 0 bridgehead atoms. The van der Waals surface area contributed by atoms with E-state index in [2.05, 4.69) is 15.0 Å². The van der Waals surface area contributed by atoms with E-state index in [0.29, 0.717) is 17.6 Å². The first-order valence-electron chi connectivity index (χ1n) is 8.39. The summed E-state index contributed by atoms with van der Waals surface area (Å²) in [5.74, 6) is 3.20. The fourth-order valence-electron chi connectivity index (χ4n) is 3.34. The molecule has 0 saturated carbocycles. The van der Waals surface area contributed by atoms with E-state index >= 15 is 0 Å². The zero-order chi connectivity index (χ0) is 16.4. The highest BCUT2D eigenvalue weighted by Crippen LogP contribution is 2.23. The lowest BCUT2D eigenvalue weighted by Gasteiger charge is -2.37. The van der Waals surface area contributed by atoms with E-state index in [4.69, 9.17) is 0 Å². The van der Waals surface area contributed by atoms with Gasteiger partial charge < -0.3 is 4.90 Å². The molecule has 1 amide bonds. The van der Waals surface area contributed by atoms with Crippen molar-refractivity contribution in [1.29, 1.82) is 0 Å². The number of hydrogen-bond donors (Lipinski definition) is 0. The van der Waals surface area contributed by atoms with E-state index in [1.54, 1.807) is 16.9 Å². The van der Waals surface area contributed by atoms with Crippen molar-refractivity contribution in [1.82, 2.24) is 24.6 Å². The Morgan fingerprint density at radius 2 is 2.04 bits per heavy atom. The first-order chi connectivity index (χ1) is 11.8. The number of thioether (sulfide) groups is 1. The third-order valence-electron chi connectivity index (χ3n) is 4.72. The van der Waals surface area contributed by atoms with Gasteiger partial charge in [0.1, 0.15) is 5.69 Å². The van der Waals surface area contributed by atoms with Gasteiger partial charge in [-0.1, -0.05) is 6.07 Å². The van der Waals surface area contributed by atoms with Crippen molar-refractivity contribution in [3.63, 3.8) is 0 Å². The van der Waals surface area contributed by atoms with Crippen LogP contribution in [0.2, 0.25) is 0 Å². The Labute approximate surface area is 145 Å². The summed E-state index contributed by atoms with van der Waals surface area (Å²) in [6, 6.07) is 8.06. The van der Waals surface area contributed by atoms with Crippen LogP contribution in [0.4, 0.5) is 0 Å². The second-order valence-electron chi connectivity index (χ2n) is 6.18. The lowest BCUT2D eigenvalue weighted by Crippen LogP contribution is -2.52. The van der Waals surface area contributed by atoms with Crippen molar-refractivity contribution >= 4 is 17.7 Å². The number of aromatic nitrogens is 3. The summed E-state index contributed by atoms with van der Waals surface area (Å²) in [5, 5.41) is 4.17. The van der Waals surface area contributed by atoms with Gasteiger partial charge in [0.05, 0.1) is 0 Å². The molecule has 2 aliphatic heterocycles. The Morgan fingerprint density at radius 3 is 2.75 bits per heavy atom. The van der Waals surface area contributed by atoms with Crippen molar-refractivity contribution in [3.8, 4) is 5.82 Å². The fraction of sp³-hybridized carbons (Fsp3) is 0.471. The summed E-state index contributed by atoms with van der Waals surface area (Å²) >= 11 is 2.04. The number of carbonyl (C=O) groups is 1. The van der Waals surface area contributed by atoms with Crippen LogP contribution >= 0.6 is 11.8 Å². The second-order valence-corrected chi connectivity index (χ2v) is 7.33. The minimum absolute atomic E-state index is 0.0180. The molecule has 24 heavy (non-hydrogen) atoms. The molecule has 0 aromatic carbocycles. The highest BCUT2D eigenvalue weighted by atomic mass is 32.2. The Morgan fingerprint density at radius 1 is 1.17 bits per heavy atom. The van der Waals surface area contributed by atoms with Crippen molar-refractivity contribution < 1.29 is 4.79 Å². The van der Waals surface area contributed by atoms with E-state index in [9.17, 15) is 4.79 Å². The van der Waals surface area contributed by atoms with Gasteiger partial charge in [-0.3, -0.25) is 9.69 Å². The maximum Gasteiger partial charge on any atom is 0.272 e. The number of nitrogens with zero attached hydrogens (tertiary/aromatic N) is 5. The van der Waals surface area contributed by atoms with Crippen LogP contribution in [0.25, 0.3) is 5.82 Å². The van der Waals surface area contributed by atoms with Crippen LogP contribution in [0.5, 0.6) is 0 Å². The average molecular weight is 343 g/mol. The van der Waals surface area contributed by atoms with Crippen molar-refractivity contribution in [2.24, 2.45) is 0 Å². The molecule has 1 unspecified atom stereocenters. The molecule has 2 aromatic rings. The largest absolute Gasteiger partial charge is 0.335 e. The zero-order valence-electron chi connectivity index (χ0n) is 13.5. The predicted octanol–water partition coefficient (Wildman–Crippen LogP) is 1.53. The van der Waals surface area contributed by atoms with Crippen LogP contribution in [0.3, 0.4) is 0 Å². The van der Waals surface area contributed by atoms with Gasteiger partial charge in [-0.2, -0.15) is 16.9 Å². The lowest BCUT2D eigenvalue weighted by molar-refractivity contribution is 0.0583. The number of hydrogen-bond acceptors (Lipinski definition) is 5. The molecule has 4 heterocycles. The van der Waals surface area contributed by atoms with Crippen molar-refractivity contribution in [3.05, 3.63) is 42.4 Å². The SMILES string of the molecule is O=C(c1cccc(-n2cccn2)n1)N1CCN(C2CCSC2)CC1. The van der Waals surface area contributed by atoms with Crippen LogP contribution in [-0.2, 0) is 0 Å². The predicted molar refractivity (Wildman–Crippen MR) is 94.6 cm³/mol. The number of amides is 1. The van der Waals surface area contributed by atoms with Gasteiger partial charge in [-0.15, -0.1) is 0 Å². The van der Waals surface area contributed by atoms with E-state index in [0.717, 1.165) is 26.2 Å². The maximum atomic E-state index is 12.8. The molecule has 1 atom stereocenters. The highest BCUT2D eigenvalue weighted by Gasteiger charge is 2.28. The minimum Gasteiger partial charge on any atom is -0.335 e. The average Bonchev–Trinajstić information content (AvgIpc) is 3.35. The van der Waals surface area contributed by atoms with Crippen LogP contribution in [0.15, 0.2) is 36.7 Å². The van der Waals surface area contributed by atoms with Gasteiger partial charge in [0, 0.05) is 50.4 Å². The quantitative estimate of drug-likeness (QED) is 0.846. The van der Waals surface area contributed by atoms with E-state index in [1.165, 1.54) is 17.9 Å². The molecule has 2 aromatic heterocycles. The van der Waals surface area contributed by atoms with Gasteiger partial charge >= 0.3 is 0 Å². The third-order valence-corrected chi connectivity index (χ3v) is 5.86. The van der Waals surface area contributed by atoms with Gasteiger partial charge in [0.15, 0.2) is 5.82 Å². The first kappa shape index (κ1) is 15.7. The number of rotatable bonds is 3. The zero-order valence-corrected chi connectivity index (χ0v) is 14.4. The van der Waals surface area contributed by atoms with Crippen LogP contribution < -0.4 is 0 Å². The van der Waals surface area contributed by atoms with Gasteiger partial charge in [-0.05, 0) is 30.4 Å². The summed E-state index contributed by atoms with van der Waals surface area (Å²) < 4.78 is 1.67. The molecule has 2 saturated heterocycles. The maximum absolute atomic E-state index is 12.8. The Balaban J connectivity index is 1.42. The monoisotopic (exact) mass is 343 g/mol. The Hall–Kier alpha value is -1.86. The molecule has 2 fully saturated rings. The van der Waals surface area contributed by atoms with E-state index in [-0.39, 0.29) is 5.91 Å². The molecular weight excluding hydrogens is 322 g/mol.